The Labute approximate surface area is 136 Å². The molecule has 0 aromatic rings. The number of nitrogens with one attached hydrogen (secondary N) is 2. The van der Waals surface area contributed by atoms with Crippen molar-refractivity contribution < 1.29 is 4.74 Å². The Kier molecular flexibility index (Phi) is 8.14. The first kappa shape index (κ1) is 19.2. The molecule has 0 aromatic carbocycles. The molecule has 0 amide bonds. The summed E-state index contributed by atoms with van der Waals surface area (Å²) in [6, 6.07) is 0. The van der Waals surface area contributed by atoms with E-state index in [-0.39, 0.29) is 5.60 Å². The van der Waals surface area contributed by atoms with Crippen molar-refractivity contribution in [2.45, 2.75) is 26.4 Å². The van der Waals surface area contributed by atoms with Crippen LogP contribution in [0.2, 0.25) is 0 Å². The Morgan fingerprint density at radius 3 is 2.41 bits per heavy atom. The predicted molar refractivity (Wildman–Crippen MR) is 93.6 cm³/mol. The van der Waals surface area contributed by atoms with Crippen LogP contribution >= 0.6 is 0 Å². The minimum Gasteiger partial charge on any atom is -0.377 e. The zero-order chi connectivity index (χ0) is 16.6. The highest BCUT2D eigenvalue weighted by Crippen LogP contribution is 2.05. The van der Waals surface area contributed by atoms with E-state index in [1.807, 2.05) is 0 Å². The van der Waals surface area contributed by atoms with Crippen LogP contribution in [0.5, 0.6) is 0 Å². The molecule has 1 aliphatic heterocycles. The Morgan fingerprint density at radius 2 is 1.86 bits per heavy atom. The number of ether oxygens (including phenoxy) is 1. The predicted octanol–water partition coefficient (Wildman–Crippen LogP) is 0.460. The molecule has 6 heteroatoms. The topological polar surface area (TPSA) is 52.1 Å². The van der Waals surface area contributed by atoms with Gasteiger partial charge in [0.2, 0.25) is 0 Å². The van der Waals surface area contributed by atoms with Gasteiger partial charge < -0.3 is 25.2 Å². The molecule has 130 valence electrons. The van der Waals surface area contributed by atoms with E-state index in [1.165, 1.54) is 26.2 Å². The second-order valence-corrected chi connectivity index (χ2v) is 6.98. The number of rotatable bonds is 7. The third-order valence-corrected chi connectivity index (χ3v) is 4.24. The second kappa shape index (κ2) is 9.33. The summed E-state index contributed by atoms with van der Waals surface area (Å²) in [5.74, 6) is 1.44. The van der Waals surface area contributed by atoms with E-state index in [0.717, 1.165) is 25.6 Å². The molecule has 0 radical (unpaired) electrons. The quantitative estimate of drug-likeness (QED) is 0.528. The third-order valence-electron chi connectivity index (χ3n) is 4.24. The van der Waals surface area contributed by atoms with Crippen LogP contribution in [0.1, 0.15) is 20.8 Å². The van der Waals surface area contributed by atoms with Gasteiger partial charge >= 0.3 is 0 Å². The first-order valence-electron chi connectivity index (χ1n) is 8.27. The summed E-state index contributed by atoms with van der Waals surface area (Å²) in [6.07, 6.45) is 0. The van der Waals surface area contributed by atoms with Crippen LogP contribution in [0.25, 0.3) is 0 Å². The molecule has 1 rings (SSSR count). The molecule has 0 aliphatic carbocycles. The monoisotopic (exact) mass is 313 g/mol. The number of aliphatic imine (C=N–C) groups is 1. The van der Waals surface area contributed by atoms with E-state index in [9.17, 15) is 0 Å². The van der Waals surface area contributed by atoms with Crippen LogP contribution in [-0.4, -0.2) is 88.4 Å². The lowest BCUT2D eigenvalue weighted by Crippen LogP contribution is -2.49. The number of hydrogen-bond donors (Lipinski definition) is 2. The standard InChI is InChI=1S/C16H35N5O/c1-14(12-21-9-7-20(5)8-10-21)11-18-15(17-4)19-13-16(2,3)22-6/h14H,7-13H2,1-6H3,(H2,17,18,19). The zero-order valence-corrected chi connectivity index (χ0v) is 15.3. The highest BCUT2D eigenvalue weighted by Gasteiger charge is 2.18. The maximum absolute atomic E-state index is 5.41. The minimum absolute atomic E-state index is 0.191. The first-order valence-corrected chi connectivity index (χ1v) is 8.27. The van der Waals surface area contributed by atoms with E-state index < -0.39 is 0 Å². The van der Waals surface area contributed by atoms with Gasteiger partial charge in [-0.2, -0.15) is 0 Å². The fraction of sp³-hybridized carbons (Fsp3) is 0.938. The molecule has 0 aromatic heterocycles. The molecule has 1 heterocycles. The Balaban J connectivity index is 2.25. The average Bonchev–Trinajstić information content (AvgIpc) is 2.50. The Morgan fingerprint density at radius 1 is 1.23 bits per heavy atom. The number of methoxy groups -OCH3 is 1. The normalized spacial score (nSPS) is 20.0. The molecule has 2 N–H and O–H groups in total. The summed E-state index contributed by atoms with van der Waals surface area (Å²) in [5, 5.41) is 6.73. The smallest absolute Gasteiger partial charge is 0.191 e. The van der Waals surface area contributed by atoms with Crippen LogP contribution < -0.4 is 10.6 Å². The van der Waals surface area contributed by atoms with Crippen LogP contribution in [-0.2, 0) is 4.74 Å². The maximum atomic E-state index is 5.41. The van der Waals surface area contributed by atoms with Crippen LogP contribution in [0.15, 0.2) is 4.99 Å². The highest BCUT2D eigenvalue weighted by atomic mass is 16.5. The van der Waals surface area contributed by atoms with Crippen LogP contribution in [0.3, 0.4) is 0 Å². The highest BCUT2D eigenvalue weighted by molar-refractivity contribution is 5.79. The molecular weight excluding hydrogens is 278 g/mol. The number of guanidine groups is 1. The van der Waals surface area contributed by atoms with Crippen molar-refractivity contribution in [3.05, 3.63) is 0 Å². The van der Waals surface area contributed by atoms with E-state index >= 15 is 0 Å². The number of nitrogens with zero attached hydrogens (tertiary/aromatic N) is 3. The van der Waals surface area contributed by atoms with Crippen molar-refractivity contribution >= 4 is 5.96 Å². The molecule has 6 nitrogen and oxygen atoms in total. The van der Waals surface area contributed by atoms with E-state index in [2.05, 4.69) is 53.2 Å². The van der Waals surface area contributed by atoms with Gasteiger partial charge in [-0.15, -0.1) is 0 Å². The van der Waals surface area contributed by atoms with Gasteiger partial charge in [0.15, 0.2) is 5.96 Å². The summed E-state index contributed by atoms with van der Waals surface area (Å²) in [5.41, 5.74) is -0.191. The Hall–Kier alpha value is -0.850. The van der Waals surface area contributed by atoms with Gasteiger partial charge in [-0.05, 0) is 26.8 Å². The number of likely N-dealkylation sites (N-methyl/N-ethyl adjacent to an activating group) is 1. The summed E-state index contributed by atoms with van der Waals surface area (Å²) in [6.45, 7) is 13.9. The molecular formula is C16H35N5O. The van der Waals surface area contributed by atoms with E-state index in [4.69, 9.17) is 4.74 Å². The Bertz CT molecular complexity index is 337. The van der Waals surface area contributed by atoms with Crippen molar-refractivity contribution in [3.8, 4) is 0 Å². The summed E-state index contributed by atoms with van der Waals surface area (Å²) in [4.78, 5) is 9.22. The van der Waals surface area contributed by atoms with Crippen molar-refractivity contribution in [2.24, 2.45) is 10.9 Å². The maximum Gasteiger partial charge on any atom is 0.191 e. The molecule has 0 bridgehead atoms. The summed E-state index contributed by atoms with van der Waals surface area (Å²) >= 11 is 0. The number of hydrogen-bond acceptors (Lipinski definition) is 4. The molecule has 0 spiro atoms. The van der Waals surface area contributed by atoms with Crippen molar-refractivity contribution in [1.29, 1.82) is 0 Å². The van der Waals surface area contributed by atoms with Gasteiger partial charge in [0.25, 0.3) is 0 Å². The summed E-state index contributed by atoms with van der Waals surface area (Å²) in [7, 11) is 5.73. The van der Waals surface area contributed by atoms with Crippen LogP contribution in [0.4, 0.5) is 0 Å². The van der Waals surface area contributed by atoms with Crippen molar-refractivity contribution in [1.82, 2.24) is 20.4 Å². The molecule has 1 saturated heterocycles. The van der Waals surface area contributed by atoms with E-state index in [0.29, 0.717) is 5.92 Å². The molecule has 1 unspecified atom stereocenters. The third kappa shape index (κ3) is 7.42. The fourth-order valence-corrected chi connectivity index (χ4v) is 2.40. The van der Waals surface area contributed by atoms with Gasteiger partial charge in [-0.3, -0.25) is 4.99 Å². The second-order valence-electron chi connectivity index (χ2n) is 6.98. The molecule has 0 saturated carbocycles. The van der Waals surface area contributed by atoms with Gasteiger partial charge in [0.05, 0.1) is 5.60 Å². The fourth-order valence-electron chi connectivity index (χ4n) is 2.40. The first-order chi connectivity index (χ1) is 10.4. The lowest BCUT2D eigenvalue weighted by atomic mass is 10.1. The lowest BCUT2D eigenvalue weighted by Gasteiger charge is -2.34. The van der Waals surface area contributed by atoms with Gasteiger partial charge in [-0.25, -0.2) is 0 Å². The van der Waals surface area contributed by atoms with Gasteiger partial charge in [0, 0.05) is 60.0 Å². The van der Waals surface area contributed by atoms with Crippen LogP contribution in [0, 0.1) is 5.92 Å². The minimum atomic E-state index is -0.191. The van der Waals surface area contributed by atoms with Crippen molar-refractivity contribution in [3.63, 3.8) is 0 Å². The zero-order valence-electron chi connectivity index (χ0n) is 15.3. The molecule has 1 fully saturated rings. The lowest BCUT2D eigenvalue weighted by molar-refractivity contribution is 0.0268. The van der Waals surface area contributed by atoms with E-state index in [1.54, 1.807) is 14.2 Å². The number of piperazine rings is 1. The molecule has 1 aliphatic rings. The van der Waals surface area contributed by atoms with Crippen molar-refractivity contribution in [2.75, 3.05) is 67.0 Å². The SMILES string of the molecule is CN=C(NCC(C)CN1CCN(C)CC1)NCC(C)(C)OC. The average molecular weight is 313 g/mol. The summed E-state index contributed by atoms with van der Waals surface area (Å²) < 4.78 is 5.41. The van der Waals surface area contributed by atoms with Gasteiger partial charge in [-0.1, -0.05) is 6.92 Å². The van der Waals surface area contributed by atoms with Gasteiger partial charge in [0.1, 0.15) is 0 Å². The molecule has 1 atom stereocenters. The molecule has 22 heavy (non-hydrogen) atoms. The largest absolute Gasteiger partial charge is 0.377 e.